The monoisotopic (exact) mass is 408 g/mol. The molecule has 0 aliphatic carbocycles. The summed E-state index contributed by atoms with van der Waals surface area (Å²) < 4.78 is 35.4. The summed E-state index contributed by atoms with van der Waals surface area (Å²) in [6, 6.07) is 6.42. The molecule has 0 radical (unpaired) electrons. The predicted octanol–water partition coefficient (Wildman–Crippen LogP) is 3.29. The van der Waals surface area contributed by atoms with Crippen molar-refractivity contribution in [3.63, 3.8) is 0 Å². The number of rotatable bonds is 6. The van der Waals surface area contributed by atoms with Crippen LogP contribution >= 0.6 is 0 Å². The number of benzene rings is 1. The van der Waals surface area contributed by atoms with E-state index < -0.39 is 12.3 Å². The molecule has 7 nitrogen and oxygen atoms in total. The molecular weight excluding hydrogens is 382 g/mol. The maximum Gasteiger partial charge on any atom is 0.315 e. The van der Waals surface area contributed by atoms with Crippen molar-refractivity contribution in [1.29, 1.82) is 0 Å². The topological polar surface area (TPSA) is 80.5 Å². The Morgan fingerprint density at radius 3 is 2.41 bits per heavy atom. The van der Waals surface area contributed by atoms with Crippen LogP contribution in [0.5, 0.6) is 0 Å². The molecule has 1 N–H and O–H groups in total. The molecule has 1 aromatic heterocycles. The Morgan fingerprint density at radius 1 is 1.24 bits per heavy atom. The molecule has 0 bridgehead atoms. The Labute approximate surface area is 168 Å². The second-order valence-electron chi connectivity index (χ2n) is 7.99. The van der Waals surface area contributed by atoms with Gasteiger partial charge >= 0.3 is 6.43 Å². The molecule has 0 unspecified atom stereocenters. The highest BCUT2D eigenvalue weighted by Gasteiger charge is 2.33. The largest absolute Gasteiger partial charge is 0.373 e. The molecule has 1 fully saturated rings. The van der Waals surface area contributed by atoms with Gasteiger partial charge in [-0.05, 0) is 39.8 Å². The van der Waals surface area contributed by atoms with Gasteiger partial charge in [-0.25, -0.2) is 0 Å². The molecule has 158 valence electrons. The van der Waals surface area contributed by atoms with Crippen molar-refractivity contribution in [2.45, 2.75) is 51.9 Å². The standard InChI is InChI=1S/C20H26F2N4O3/c1-12-9-26(10-13(2)28-12)20(3,4)11-23-18(27)15-7-5-14(6-8-15)17-24-19(16(21)22)29-25-17/h5-8,12-13,16H,9-11H2,1-4H3,(H,23,27)/t12-,13-/m1/s1. The van der Waals surface area contributed by atoms with Gasteiger partial charge in [-0.15, -0.1) is 0 Å². The summed E-state index contributed by atoms with van der Waals surface area (Å²) >= 11 is 0. The third-order valence-electron chi connectivity index (χ3n) is 4.99. The molecule has 1 amide bonds. The van der Waals surface area contributed by atoms with Gasteiger partial charge in [0.15, 0.2) is 0 Å². The number of amides is 1. The van der Waals surface area contributed by atoms with Crippen molar-refractivity contribution < 1.29 is 22.8 Å². The van der Waals surface area contributed by atoms with E-state index in [9.17, 15) is 13.6 Å². The first kappa shape index (κ1) is 21.3. The zero-order valence-corrected chi connectivity index (χ0v) is 17.0. The minimum absolute atomic E-state index is 0.0592. The second kappa shape index (κ2) is 8.54. The molecule has 3 rings (SSSR count). The maximum atomic E-state index is 12.6. The lowest BCUT2D eigenvalue weighted by molar-refractivity contribution is -0.0948. The van der Waals surface area contributed by atoms with Crippen LogP contribution in [0.2, 0.25) is 0 Å². The SMILES string of the molecule is C[C@@H]1CN(C(C)(C)CNC(=O)c2ccc(-c3noc(C(F)F)n3)cc2)C[C@@H](C)O1. The molecule has 0 spiro atoms. The Hall–Kier alpha value is -2.39. The van der Waals surface area contributed by atoms with Crippen molar-refractivity contribution in [3.8, 4) is 11.4 Å². The average molecular weight is 408 g/mol. The first-order valence-corrected chi connectivity index (χ1v) is 9.56. The molecule has 1 aliphatic rings. The predicted molar refractivity (Wildman–Crippen MR) is 103 cm³/mol. The number of ether oxygens (including phenoxy) is 1. The fraction of sp³-hybridized carbons (Fsp3) is 0.550. The highest BCUT2D eigenvalue weighted by atomic mass is 19.3. The van der Waals surface area contributed by atoms with Crippen LogP contribution in [-0.4, -0.2) is 58.3 Å². The molecule has 1 saturated heterocycles. The summed E-state index contributed by atoms with van der Waals surface area (Å²) in [5, 5.41) is 6.51. The van der Waals surface area contributed by atoms with Gasteiger partial charge in [-0.2, -0.15) is 13.8 Å². The van der Waals surface area contributed by atoms with E-state index in [1.807, 2.05) is 13.8 Å². The van der Waals surface area contributed by atoms with Crippen molar-refractivity contribution in [2.75, 3.05) is 19.6 Å². The minimum Gasteiger partial charge on any atom is -0.373 e. The maximum absolute atomic E-state index is 12.6. The molecule has 29 heavy (non-hydrogen) atoms. The van der Waals surface area contributed by atoms with Crippen molar-refractivity contribution in [1.82, 2.24) is 20.4 Å². The van der Waals surface area contributed by atoms with Gasteiger partial charge < -0.3 is 14.6 Å². The quantitative estimate of drug-likeness (QED) is 0.790. The fourth-order valence-corrected chi connectivity index (χ4v) is 3.39. The fourth-order valence-electron chi connectivity index (χ4n) is 3.39. The van der Waals surface area contributed by atoms with Gasteiger partial charge in [0.1, 0.15) is 0 Å². The molecule has 1 aliphatic heterocycles. The van der Waals surface area contributed by atoms with E-state index in [-0.39, 0.29) is 29.5 Å². The first-order valence-electron chi connectivity index (χ1n) is 9.56. The number of alkyl halides is 2. The highest BCUT2D eigenvalue weighted by Crippen LogP contribution is 2.23. The Kier molecular flexibility index (Phi) is 6.28. The summed E-state index contributed by atoms with van der Waals surface area (Å²) in [4.78, 5) is 18.5. The summed E-state index contributed by atoms with van der Waals surface area (Å²) in [5.74, 6) is -0.875. The van der Waals surface area contributed by atoms with Crippen LogP contribution in [-0.2, 0) is 4.74 Å². The lowest BCUT2D eigenvalue weighted by Gasteiger charge is -2.45. The summed E-state index contributed by atoms with van der Waals surface area (Å²) in [7, 11) is 0. The van der Waals surface area contributed by atoms with E-state index in [0.717, 1.165) is 13.1 Å². The third-order valence-corrected chi connectivity index (χ3v) is 4.99. The van der Waals surface area contributed by atoms with Crippen molar-refractivity contribution in [3.05, 3.63) is 35.7 Å². The molecule has 1 aromatic carbocycles. The lowest BCUT2D eigenvalue weighted by Crippen LogP contribution is -2.58. The van der Waals surface area contributed by atoms with Gasteiger partial charge in [-0.1, -0.05) is 17.3 Å². The van der Waals surface area contributed by atoms with Crippen LogP contribution in [0.15, 0.2) is 28.8 Å². The van der Waals surface area contributed by atoms with E-state index in [0.29, 0.717) is 17.7 Å². The molecule has 9 heteroatoms. The van der Waals surface area contributed by atoms with Crippen LogP contribution in [0.25, 0.3) is 11.4 Å². The number of carbonyl (C=O) groups excluding carboxylic acids is 1. The second-order valence-corrected chi connectivity index (χ2v) is 7.99. The Balaban J connectivity index is 1.60. The molecule has 2 heterocycles. The van der Waals surface area contributed by atoms with Crippen LogP contribution in [0.1, 0.15) is 50.4 Å². The van der Waals surface area contributed by atoms with Crippen LogP contribution in [0, 0.1) is 0 Å². The first-order chi connectivity index (χ1) is 13.7. The molecular formula is C20H26F2N4O3. The van der Waals surface area contributed by atoms with Gasteiger partial charge in [-0.3, -0.25) is 9.69 Å². The van der Waals surface area contributed by atoms with Gasteiger partial charge in [0, 0.05) is 36.3 Å². The van der Waals surface area contributed by atoms with Crippen LogP contribution in [0.4, 0.5) is 8.78 Å². The summed E-state index contributed by atoms with van der Waals surface area (Å²) in [6.45, 7) is 10.4. The average Bonchev–Trinajstić information content (AvgIpc) is 3.16. The highest BCUT2D eigenvalue weighted by molar-refractivity contribution is 5.94. The van der Waals surface area contributed by atoms with E-state index in [4.69, 9.17) is 4.74 Å². The number of hydrogen-bond donors (Lipinski definition) is 1. The Bertz CT molecular complexity index is 829. The molecule has 0 saturated carbocycles. The van der Waals surface area contributed by atoms with E-state index >= 15 is 0 Å². The molecule has 2 atom stereocenters. The van der Waals surface area contributed by atoms with Crippen molar-refractivity contribution >= 4 is 5.91 Å². The number of aromatic nitrogens is 2. The van der Waals surface area contributed by atoms with E-state index in [1.165, 1.54) is 0 Å². The van der Waals surface area contributed by atoms with Crippen molar-refractivity contribution in [2.24, 2.45) is 0 Å². The van der Waals surface area contributed by atoms with E-state index in [2.05, 4.69) is 38.7 Å². The normalized spacial score (nSPS) is 20.8. The smallest absolute Gasteiger partial charge is 0.315 e. The third kappa shape index (κ3) is 5.16. The van der Waals surface area contributed by atoms with Crippen LogP contribution in [0.3, 0.4) is 0 Å². The van der Waals surface area contributed by atoms with Gasteiger partial charge in [0.2, 0.25) is 5.82 Å². The number of nitrogens with one attached hydrogen (secondary N) is 1. The number of morpholine rings is 1. The number of carbonyl (C=O) groups is 1. The van der Waals surface area contributed by atoms with Crippen LogP contribution < -0.4 is 5.32 Å². The number of halogens is 2. The zero-order valence-electron chi connectivity index (χ0n) is 17.0. The summed E-state index contributed by atoms with van der Waals surface area (Å²) in [6.07, 6.45) is -2.52. The number of nitrogens with zero attached hydrogens (tertiary/aromatic N) is 3. The summed E-state index contributed by atoms with van der Waals surface area (Å²) in [5.41, 5.74) is 0.734. The zero-order chi connectivity index (χ0) is 21.2. The lowest BCUT2D eigenvalue weighted by atomic mass is 9.99. The minimum atomic E-state index is -2.82. The van der Waals surface area contributed by atoms with Gasteiger partial charge in [0.05, 0.1) is 12.2 Å². The number of hydrogen-bond acceptors (Lipinski definition) is 6. The van der Waals surface area contributed by atoms with Gasteiger partial charge in [0.25, 0.3) is 11.8 Å². The molecule has 2 aromatic rings. The van der Waals surface area contributed by atoms with E-state index in [1.54, 1.807) is 24.3 Å². The Morgan fingerprint density at radius 2 is 1.86 bits per heavy atom.